The average Bonchev–Trinajstić information content (AvgIpc) is 3.40. The maximum Gasteiger partial charge on any atom is 0.325 e. The Morgan fingerprint density at radius 2 is 1.97 bits per heavy atom. The molecule has 1 N–H and O–H groups in total. The van der Waals surface area contributed by atoms with E-state index >= 15 is 0 Å². The van der Waals surface area contributed by atoms with Gasteiger partial charge >= 0.3 is 5.97 Å². The number of aromatic nitrogens is 2. The maximum absolute atomic E-state index is 14.2. The van der Waals surface area contributed by atoms with Crippen molar-refractivity contribution in [1.82, 2.24) is 14.7 Å². The lowest BCUT2D eigenvalue weighted by Crippen LogP contribution is -2.34. The Morgan fingerprint density at radius 3 is 2.66 bits per heavy atom. The van der Waals surface area contributed by atoms with Gasteiger partial charge in [-0.2, -0.15) is 5.10 Å². The SMILES string of the molecule is CCN(Cc1cc(F)ccc1-c1nn(CC(=O)O)c2ccc(Cl)cc12)C(=O)C1CCCC1. The van der Waals surface area contributed by atoms with E-state index in [1.165, 1.54) is 16.8 Å². The van der Waals surface area contributed by atoms with Crippen LogP contribution < -0.4 is 0 Å². The smallest absolute Gasteiger partial charge is 0.325 e. The van der Waals surface area contributed by atoms with Crippen LogP contribution >= 0.6 is 11.6 Å². The summed E-state index contributed by atoms with van der Waals surface area (Å²) in [6.07, 6.45) is 3.92. The largest absolute Gasteiger partial charge is 0.480 e. The Labute approximate surface area is 190 Å². The van der Waals surface area contributed by atoms with Gasteiger partial charge in [0.2, 0.25) is 5.91 Å². The molecule has 32 heavy (non-hydrogen) atoms. The first-order chi connectivity index (χ1) is 15.4. The number of benzene rings is 2. The molecule has 1 aromatic heterocycles. The number of rotatable bonds is 7. The first-order valence-electron chi connectivity index (χ1n) is 10.8. The fraction of sp³-hybridized carbons (Fsp3) is 0.375. The Balaban J connectivity index is 1.78. The van der Waals surface area contributed by atoms with E-state index in [0.717, 1.165) is 25.7 Å². The normalized spacial score (nSPS) is 14.2. The Morgan fingerprint density at radius 1 is 1.22 bits per heavy atom. The van der Waals surface area contributed by atoms with Crippen molar-refractivity contribution in [1.29, 1.82) is 0 Å². The summed E-state index contributed by atoms with van der Waals surface area (Å²) in [6.45, 7) is 2.39. The molecule has 1 heterocycles. The number of carbonyl (C=O) groups excluding carboxylic acids is 1. The predicted molar refractivity (Wildman–Crippen MR) is 121 cm³/mol. The van der Waals surface area contributed by atoms with Gasteiger partial charge in [0.25, 0.3) is 0 Å². The molecule has 4 rings (SSSR count). The summed E-state index contributed by atoms with van der Waals surface area (Å²) in [5.41, 5.74) is 2.42. The molecule has 168 valence electrons. The summed E-state index contributed by atoms with van der Waals surface area (Å²) in [5, 5.41) is 15.0. The van der Waals surface area contributed by atoms with E-state index in [1.54, 1.807) is 29.2 Å². The van der Waals surface area contributed by atoms with Crippen LogP contribution in [0.1, 0.15) is 38.2 Å². The molecular weight excluding hydrogens is 433 g/mol. The Bertz CT molecular complexity index is 1170. The van der Waals surface area contributed by atoms with Gasteiger partial charge in [-0.05, 0) is 61.7 Å². The first kappa shape index (κ1) is 22.3. The topological polar surface area (TPSA) is 75.4 Å². The molecule has 1 saturated carbocycles. The molecule has 0 aliphatic heterocycles. The molecule has 1 fully saturated rings. The highest BCUT2D eigenvalue weighted by Gasteiger charge is 2.27. The van der Waals surface area contributed by atoms with Crippen molar-refractivity contribution in [3.63, 3.8) is 0 Å². The first-order valence-corrected chi connectivity index (χ1v) is 11.2. The van der Waals surface area contributed by atoms with E-state index in [9.17, 15) is 19.1 Å². The third kappa shape index (κ3) is 4.48. The molecule has 6 nitrogen and oxygen atoms in total. The van der Waals surface area contributed by atoms with Crippen LogP contribution in [-0.2, 0) is 22.7 Å². The van der Waals surface area contributed by atoms with E-state index in [1.807, 2.05) is 6.92 Å². The van der Waals surface area contributed by atoms with Crippen molar-refractivity contribution in [2.45, 2.75) is 45.7 Å². The van der Waals surface area contributed by atoms with Crippen LogP contribution in [0, 0.1) is 11.7 Å². The fourth-order valence-corrected chi connectivity index (χ4v) is 4.68. The zero-order valence-corrected chi connectivity index (χ0v) is 18.6. The predicted octanol–water partition coefficient (Wildman–Crippen LogP) is 5.12. The number of carboxylic acids is 1. The molecular formula is C24H25ClFN3O3. The van der Waals surface area contributed by atoms with E-state index in [-0.39, 0.29) is 24.9 Å². The van der Waals surface area contributed by atoms with Crippen molar-refractivity contribution >= 4 is 34.4 Å². The van der Waals surface area contributed by atoms with Crippen molar-refractivity contribution < 1.29 is 19.1 Å². The van der Waals surface area contributed by atoms with Crippen LogP contribution in [-0.4, -0.2) is 38.2 Å². The van der Waals surface area contributed by atoms with E-state index in [4.69, 9.17) is 11.6 Å². The van der Waals surface area contributed by atoms with Crippen LogP contribution in [0.2, 0.25) is 5.02 Å². The monoisotopic (exact) mass is 457 g/mol. The highest BCUT2D eigenvalue weighted by molar-refractivity contribution is 6.31. The highest BCUT2D eigenvalue weighted by atomic mass is 35.5. The number of amides is 1. The number of hydrogen-bond acceptors (Lipinski definition) is 3. The molecule has 0 spiro atoms. The zero-order chi connectivity index (χ0) is 22.8. The average molecular weight is 458 g/mol. The zero-order valence-electron chi connectivity index (χ0n) is 17.9. The third-order valence-corrected chi connectivity index (χ3v) is 6.31. The van der Waals surface area contributed by atoms with Crippen molar-refractivity contribution in [3.8, 4) is 11.3 Å². The molecule has 1 aliphatic rings. The van der Waals surface area contributed by atoms with E-state index in [2.05, 4.69) is 5.10 Å². The molecule has 0 unspecified atom stereocenters. The Hall–Kier alpha value is -2.93. The number of carbonyl (C=O) groups is 2. The van der Waals surface area contributed by atoms with Gasteiger partial charge in [-0.1, -0.05) is 24.4 Å². The van der Waals surface area contributed by atoms with Crippen molar-refractivity contribution in [2.75, 3.05) is 6.54 Å². The van der Waals surface area contributed by atoms with Gasteiger partial charge in [0.1, 0.15) is 18.1 Å². The Kier molecular flexibility index (Phi) is 6.46. The minimum absolute atomic E-state index is 0.0290. The summed E-state index contributed by atoms with van der Waals surface area (Å²) in [7, 11) is 0. The minimum atomic E-state index is -1.02. The molecule has 3 aromatic rings. The second kappa shape index (κ2) is 9.28. The summed E-state index contributed by atoms with van der Waals surface area (Å²) in [5.74, 6) is -1.29. The second-order valence-corrected chi connectivity index (χ2v) is 8.63. The second-order valence-electron chi connectivity index (χ2n) is 8.20. The van der Waals surface area contributed by atoms with Gasteiger partial charge in [-0.3, -0.25) is 14.3 Å². The van der Waals surface area contributed by atoms with Crippen molar-refractivity contribution in [2.24, 2.45) is 5.92 Å². The summed E-state index contributed by atoms with van der Waals surface area (Å²) < 4.78 is 15.6. The van der Waals surface area contributed by atoms with Crippen molar-refractivity contribution in [3.05, 3.63) is 52.8 Å². The lowest BCUT2D eigenvalue weighted by Gasteiger charge is -2.25. The molecule has 8 heteroatoms. The summed E-state index contributed by atoms with van der Waals surface area (Å²) in [6, 6.07) is 9.53. The molecule has 0 atom stereocenters. The highest BCUT2D eigenvalue weighted by Crippen LogP contribution is 2.34. The van der Waals surface area contributed by atoms with Crippen LogP contribution in [0.4, 0.5) is 4.39 Å². The molecule has 1 amide bonds. The molecule has 2 aromatic carbocycles. The van der Waals surface area contributed by atoms with Gasteiger partial charge in [0.15, 0.2) is 0 Å². The van der Waals surface area contributed by atoms with Gasteiger partial charge < -0.3 is 10.0 Å². The van der Waals surface area contributed by atoms with Crippen LogP contribution in [0.25, 0.3) is 22.2 Å². The number of fused-ring (bicyclic) bond motifs is 1. The number of aliphatic carboxylic acids is 1. The maximum atomic E-state index is 14.2. The third-order valence-electron chi connectivity index (χ3n) is 6.08. The molecule has 1 aliphatic carbocycles. The molecule has 0 bridgehead atoms. The molecule has 0 radical (unpaired) electrons. The van der Waals surface area contributed by atoms with Gasteiger partial charge in [-0.25, -0.2) is 4.39 Å². The summed E-state index contributed by atoms with van der Waals surface area (Å²) >= 11 is 6.21. The van der Waals surface area contributed by atoms with E-state index in [0.29, 0.717) is 39.3 Å². The van der Waals surface area contributed by atoms with Crippen LogP contribution in [0.5, 0.6) is 0 Å². The summed E-state index contributed by atoms with van der Waals surface area (Å²) in [4.78, 5) is 26.1. The van der Waals surface area contributed by atoms with E-state index < -0.39 is 11.8 Å². The number of hydrogen-bond donors (Lipinski definition) is 1. The van der Waals surface area contributed by atoms with Crippen LogP contribution in [0.15, 0.2) is 36.4 Å². The number of carboxylic acid groups (broad SMARTS) is 1. The standard InChI is InChI=1S/C24H25ClFN3O3/c1-2-28(24(32)15-5-3-4-6-15)13-16-11-18(26)8-9-19(16)23-20-12-17(25)7-10-21(20)29(27-23)14-22(30)31/h7-12,15H,2-6,13-14H2,1H3,(H,30,31). The van der Waals surface area contributed by atoms with Gasteiger partial charge in [0, 0.05) is 35.0 Å². The quantitative estimate of drug-likeness (QED) is 0.534. The van der Waals surface area contributed by atoms with Gasteiger partial charge in [-0.15, -0.1) is 0 Å². The van der Waals surface area contributed by atoms with Gasteiger partial charge in [0.05, 0.1) is 5.52 Å². The minimum Gasteiger partial charge on any atom is -0.480 e. The lowest BCUT2D eigenvalue weighted by molar-refractivity contribution is -0.138. The molecule has 0 saturated heterocycles. The van der Waals surface area contributed by atoms with Crippen LogP contribution in [0.3, 0.4) is 0 Å². The number of nitrogens with zero attached hydrogens (tertiary/aromatic N) is 3. The lowest BCUT2D eigenvalue weighted by atomic mass is 10.00. The number of halogens is 2. The fourth-order valence-electron chi connectivity index (χ4n) is 4.51.